The van der Waals surface area contributed by atoms with Gasteiger partial charge in [-0.05, 0) is 30.5 Å². The first-order valence-corrected chi connectivity index (χ1v) is 13.5. The topological polar surface area (TPSA) is 104 Å². The van der Waals surface area contributed by atoms with E-state index < -0.39 is 16.1 Å². The zero-order valence-electron chi connectivity index (χ0n) is 18.5. The lowest BCUT2D eigenvalue weighted by molar-refractivity contribution is -0.148. The third kappa shape index (κ3) is 4.19. The molecule has 2 saturated heterocycles. The first-order valence-electron chi connectivity index (χ1n) is 11.3. The van der Waals surface area contributed by atoms with Gasteiger partial charge in [-0.15, -0.1) is 0 Å². The number of likely N-dealkylation sites (tertiary alicyclic amines) is 1. The molecule has 11 heteroatoms. The van der Waals surface area contributed by atoms with E-state index in [1.165, 1.54) is 4.31 Å². The Bertz CT molecular complexity index is 1300. The molecule has 1 atom stereocenters. The molecule has 0 aliphatic carbocycles. The van der Waals surface area contributed by atoms with Gasteiger partial charge in [-0.3, -0.25) is 9.59 Å². The molecule has 1 aromatic heterocycles. The molecule has 0 N–H and O–H groups in total. The zero-order valence-corrected chi connectivity index (χ0v) is 20.2. The molecule has 0 saturated carbocycles. The fourth-order valence-corrected chi connectivity index (χ4v) is 6.82. The van der Waals surface area contributed by atoms with Gasteiger partial charge in [-0.25, -0.2) is 8.42 Å². The number of fused-ring (bicyclic) bond motifs is 1. The molecular formula is C23H25N5O4S2. The van der Waals surface area contributed by atoms with Crippen LogP contribution in [0.2, 0.25) is 0 Å². The van der Waals surface area contributed by atoms with Crippen molar-refractivity contribution in [2.75, 3.05) is 32.7 Å². The number of sulfonamides is 1. The molecule has 3 aromatic rings. The quantitative estimate of drug-likeness (QED) is 0.534. The first kappa shape index (κ1) is 22.9. The summed E-state index contributed by atoms with van der Waals surface area (Å²) in [7, 11) is -3.77. The van der Waals surface area contributed by atoms with Crippen molar-refractivity contribution in [3.05, 3.63) is 54.1 Å². The number of piperazine rings is 1. The molecule has 9 nitrogen and oxygen atoms in total. The number of rotatable bonds is 5. The van der Waals surface area contributed by atoms with Crippen LogP contribution in [0.4, 0.5) is 0 Å². The van der Waals surface area contributed by atoms with Gasteiger partial charge in [0.15, 0.2) is 0 Å². The van der Waals surface area contributed by atoms with Gasteiger partial charge in [0.05, 0.1) is 11.7 Å². The number of benzene rings is 2. The second-order valence-corrected chi connectivity index (χ2v) is 10.9. The number of nitrogens with zero attached hydrogens (tertiary/aromatic N) is 5. The highest BCUT2D eigenvalue weighted by molar-refractivity contribution is 7.89. The fraction of sp³-hybridized carbons (Fsp3) is 0.391. The van der Waals surface area contributed by atoms with E-state index in [0.29, 0.717) is 24.0 Å². The molecule has 34 heavy (non-hydrogen) atoms. The van der Waals surface area contributed by atoms with Gasteiger partial charge in [0.1, 0.15) is 22.0 Å². The highest BCUT2D eigenvalue weighted by Crippen LogP contribution is 2.29. The van der Waals surface area contributed by atoms with E-state index in [4.69, 9.17) is 0 Å². The minimum absolute atomic E-state index is 0.0142. The van der Waals surface area contributed by atoms with Crippen LogP contribution >= 0.6 is 11.7 Å². The maximum atomic E-state index is 13.7. The number of carbonyl (C=O) groups excluding carboxylic acids is 2. The molecule has 178 valence electrons. The summed E-state index contributed by atoms with van der Waals surface area (Å²) in [5.74, 6) is -0.177. The van der Waals surface area contributed by atoms with Crippen molar-refractivity contribution < 1.29 is 18.0 Å². The van der Waals surface area contributed by atoms with E-state index in [2.05, 4.69) is 8.75 Å². The van der Waals surface area contributed by atoms with E-state index in [1.807, 2.05) is 30.3 Å². The maximum absolute atomic E-state index is 13.7. The summed E-state index contributed by atoms with van der Waals surface area (Å²) in [5.41, 5.74) is 1.70. The van der Waals surface area contributed by atoms with Crippen molar-refractivity contribution >= 4 is 44.6 Å². The lowest BCUT2D eigenvalue weighted by Gasteiger charge is -2.40. The Kier molecular flexibility index (Phi) is 6.32. The van der Waals surface area contributed by atoms with Crippen molar-refractivity contribution in [1.82, 2.24) is 22.9 Å². The molecule has 2 aliphatic rings. The van der Waals surface area contributed by atoms with Crippen LogP contribution in [-0.2, 0) is 19.6 Å². The predicted octanol–water partition coefficient (Wildman–Crippen LogP) is 2.28. The first-order chi connectivity index (χ1) is 16.5. The summed E-state index contributed by atoms with van der Waals surface area (Å²) < 4.78 is 36.3. The molecule has 2 amide bonds. The molecule has 3 heterocycles. The van der Waals surface area contributed by atoms with Crippen molar-refractivity contribution in [3.8, 4) is 0 Å². The third-order valence-electron chi connectivity index (χ3n) is 6.44. The second-order valence-electron chi connectivity index (χ2n) is 8.47. The zero-order chi connectivity index (χ0) is 23.7. The Hall–Kier alpha value is -2.89. The van der Waals surface area contributed by atoms with Gasteiger partial charge in [0.25, 0.3) is 0 Å². The molecule has 2 aliphatic heterocycles. The van der Waals surface area contributed by atoms with Crippen molar-refractivity contribution in [2.24, 2.45) is 0 Å². The normalized spacial score (nSPS) is 18.9. The summed E-state index contributed by atoms with van der Waals surface area (Å²) in [6.45, 7) is 1.42. The molecule has 0 spiro atoms. The average Bonchev–Trinajstić information content (AvgIpc) is 3.35. The van der Waals surface area contributed by atoms with Crippen LogP contribution in [0.25, 0.3) is 11.0 Å². The Morgan fingerprint density at radius 2 is 1.68 bits per heavy atom. The van der Waals surface area contributed by atoms with Gasteiger partial charge in [-0.1, -0.05) is 36.4 Å². The fourth-order valence-electron chi connectivity index (χ4n) is 4.64. The lowest BCUT2D eigenvalue weighted by Crippen LogP contribution is -2.54. The van der Waals surface area contributed by atoms with E-state index in [0.717, 1.165) is 30.1 Å². The molecule has 2 fully saturated rings. The summed E-state index contributed by atoms with van der Waals surface area (Å²) in [5, 5.41) is 0. The summed E-state index contributed by atoms with van der Waals surface area (Å²) in [6, 6.07) is 13.6. The minimum Gasteiger partial charge on any atom is -0.338 e. The van der Waals surface area contributed by atoms with Crippen LogP contribution in [0.15, 0.2) is 53.4 Å². The smallest absolute Gasteiger partial charge is 0.250 e. The third-order valence-corrected chi connectivity index (χ3v) is 8.91. The number of hydrogen-bond acceptors (Lipinski definition) is 7. The van der Waals surface area contributed by atoms with Crippen molar-refractivity contribution in [2.45, 2.75) is 30.2 Å². The highest BCUT2D eigenvalue weighted by Gasteiger charge is 2.38. The van der Waals surface area contributed by atoms with Crippen LogP contribution in [0, 0.1) is 0 Å². The van der Waals surface area contributed by atoms with Crippen LogP contribution < -0.4 is 0 Å². The van der Waals surface area contributed by atoms with Crippen LogP contribution in [0.1, 0.15) is 30.9 Å². The monoisotopic (exact) mass is 499 g/mol. The Balaban J connectivity index is 1.35. The number of piperidine rings is 1. The number of hydrogen-bond donors (Lipinski definition) is 0. The highest BCUT2D eigenvalue weighted by atomic mass is 32.2. The van der Waals surface area contributed by atoms with Gasteiger partial charge < -0.3 is 9.80 Å². The number of aromatic nitrogens is 2. The van der Waals surface area contributed by atoms with Gasteiger partial charge in [-0.2, -0.15) is 13.1 Å². The summed E-state index contributed by atoms with van der Waals surface area (Å²) in [6.07, 6.45) is 2.15. The van der Waals surface area contributed by atoms with E-state index in [9.17, 15) is 18.0 Å². The van der Waals surface area contributed by atoms with E-state index in [-0.39, 0.29) is 42.9 Å². The second kappa shape index (κ2) is 9.40. The minimum atomic E-state index is -3.77. The molecule has 0 radical (unpaired) electrons. The molecule has 2 aromatic carbocycles. The average molecular weight is 500 g/mol. The Morgan fingerprint density at radius 3 is 2.41 bits per heavy atom. The van der Waals surface area contributed by atoms with Crippen LogP contribution in [-0.4, -0.2) is 75.8 Å². The Morgan fingerprint density at radius 1 is 0.912 bits per heavy atom. The standard InChI is InChI=1S/C23H25N5O4S2/c29-20-11-4-5-12-28(20)22(17-7-2-1-3-8-17)23(30)26-13-15-27(16-14-26)34(31,32)19-10-6-9-18-21(19)25-33-24-18/h1-3,6-10,22H,4-5,11-16H2. The molecule has 5 rings (SSSR count). The van der Waals surface area contributed by atoms with Gasteiger partial charge in [0.2, 0.25) is 21.8 Å². The SMILES string of the molecule is O=C(C(c1ccccc1)N1CCCCC1=O)N1CCN(S(=O)(=O)c2cccc3nsnc23)CC1. The van der Waals surface area contributed by atoms with Crippen molar-refractivity contribution in [3.63, 3.8) is 0 Å². The summed E-state index contributed by atoms with van der Waals surface area (Å²) in [4.78, 5) is 29.8. The largest absolute Gasteiger partial charge is 0.338 e. The van der Waals surface area contributed by atoms with Crippen molar-refractivity contribution in [1.29, 1.82) is 0 Å². The maximum Gasteiger partial charge on any atom is 0.250 e. The Labute approximate surface area is 202 Å². The molecule has 0 bridgehead atoms. The van der Waals surface area contributed by atoms with Gasteiger partial charge in [0, 0.05) is 39.1 Å². The summed E-state index contributed by atoms with van der Waals surface area (Å²) >= 11 is 0.981. The lowest BCUT2D eigenvalue weighted by atomic mass is 9.99. The number of amides is 2. The number of carbonyl (C=O) groups is 2. The van der Waals surface area contributed by atoms with Crippen LogP contribution in [0.3, 0.4) is 0 Å². The molecule has 1 unspecified atom stereocenters. The van der Waals surface area contributed by atoms with E-state index in [1.54, 1.807) is 28.0 Å². The van der Waals surface area contributed by atoms with E-state index >= 15 is 0 Å². The predicted molar refractivity (Wildman–Crippen MR) is 128 cm³/mol. The van der Waals surface area contributed by atoms with Crippen LogP contribution in [0.5, 0.6) is 0 Å². The van der Waals surface area contributed by atoms with Gasteiger partial charge >= 0.3 is 0 Å². The molecular weight excluding hydrogens is 474 g/mol.